The van der Waals surface area contributed by atoms with E-state index in [0.717, 1.165) is 5.56 Å². The zero-order valence-electron chi connectivity index (χ0n) is 18.2. The number of pyridine rings is 1. The summed E-state index contributed by atoms with van der Waals surface area (Å²) in [5, 5.41) is 6.22. The van der Waals surface area contributed by atoms with Gasteiger partial charge in [0.05, 0.1) is 16.4 Å². The van der Waals surface area contributed by atoms with E-state index in [1.165, 1.54) is 11.8 Å². The highest BCUT2D eigenvalue weighted by molar-refractivity contribution is 8.08. The normalized spacial score (nSPS) is 17.5. The summed E-state index contributed by atoms with van der Waals surface area (Å²) in [5.41, 5.74) is 1.15. The molecule has 1 aromatic heterocycles. The Morgan fingerprint density at radius 1 is 0.882 bits per heavy atom. The molecule has 0 spiro atoms. The van der Waals surface area contributed by atoms with Crippen molar-refractivity contribution in [2.45, 2.75) is 17.5 Å². The van der Waals surface area contributed by atoms with E-state index in [1.54, 1.807) is 42.6 Å². The van der Waals surface area contributed by atoms with Crippen LogP contribution in [0.15, 0.2) is 95.8 Å². The molecule has 1 atom stereocenters. The summed E-state index contributed by atoms with van der Waals surface area (Å²) in [4.78, 5) is 31.4. The van der Waals surface area contributed by atoms with E-state index in [4.69, 9.17) is 0 Å². The van der Waals surface area contributed by atoms with Crippen LogP contribution in [0, 0.1) is 0 Å². The zero-order chi connectivity index (χ0) is 24.0. The summed E-state index contributed by atoms with van der Waals surface area (Å²) in [6, 6.07) is 22.7. The third kappa shape index (κ3) is 6.12. The maximum absolute atomic E-state index is 13.5. The van der Waals surface area contributed by atoms with Gasteiger partial charge in [-0.2, -0.15) is 0 Å². The summed E-state index contributed by atoms with van der Waals surface area (Å²) in [5.74, 6) is -1.08. The molecular formula is C25H23N3O4S2. The second-order valence-corrected chi connectivity index (χ2v) is 11.0. The van der Waals surface area contributed by atoms with Gasteiger partial charge in [0.1, 0.15) is 10.7 Å². The van der Waals surface area contributed by atoms with Crippen LogP contribution in [0.2, 0.25) is 0 Å². The first-order valence-corrected chi connectivity index (χ1v) is 13.3. The topological polar surface area (TPSA) is 105 Å². The van der Waals surface area contributed by atoms with Crippen LogP contribution in [-0.2, 0) is 14.6 Å². The Hall–Kier alpha value is -3.43. The molecule has 0 aliphatic carbocycles. The summed E-state index contributed by atoms with van der Waals surface area (Å²) < 4.78 is 23.8. The average Bonchev–Trinajstić information content (AvgIpc) is 3.20. The Morgan fingerprint density at radius 2 is 1.53 bits per heavy atom. The lowest BCUT2D eigenvalue weighted by Gasteiger charge is -2.18. The van der Waals surface area contributed by atoms with Gasteiger partial charge in [-0.25, -0.2) is 13.4 Å². The zero-order valence-corrected chi connectivity index (χ0v) is 19.8. The number of benzene rings is 2. The molecular weight excluding hydrogens is 470 g/mol. The van der Waals surface area contributed by atoms with Crippen molar-refractivity contribution in [3.63, 3.8) is 0 Å². The third-order valence-corrected chi connectivity index (χ3v) is 8.04. The van der Waals surface area contributed by atoms with Crippen LogP contribution in [0.4, 0.5) is 0 Å². The van der Waals surface area contributed by atoms with Crippen LogP contribution < -0.4 is 10.6 Å². The van der Waals surface area contributed by atoms with E-state index in [9.17, 15) is 18.0 Å². The third-order valence-electron chi connectivity index (χ3n) is 5.18. The number of carbonyl (C=O) groups is 2. The van der Waals surface area contributed by atoms with Crippen molar-refractivity contribution in [3.8, 4) is 0 Å². The van der Waals surface area contributed by atoms with Gasteiger partial charge >= 0.3 is 0 Å². The van der Waals surface area contributed by atoms with Crippen LogP contribution in [0.3, 0.4) is 0 Å². The SMILES string of the molecule is O=C(NC1CCS(=O)(=O)C1)/C(NC(=O)c1ccccc1)=C(/Sc1ccccn1)c1ccccc1. The Morgan fingerprint density at radius 3 is 2.12 bits per heavy atom. The minimum absolute atomic E-state index is 0.0294. The number of hydrogen-bond acceptors (Lipinski definition) is 6. The number of amides is 2. The van der Waals surface area contributed by atoms with Crippen molar-refractivity contribution < 1.29 is 18.0 Å². The van der Waals surface area contributed by atoms with Crippen molar-refractivity contribution in [1.82, 2.24) is 15.6 Å². The molecule has 2 aromatic carbocycles. The molecule has 174 valence electrons. The van der Waals surface area contributed by atoms with Crippen molar-refractivity contribution in [1.29, 1.82) is 0 Å². The van der Waals surface area contributed by atoms with Gasteiger partial charge in [0.15, 0.2) is 9.84 Å². The fraction of sp³-hybridized carbons (Fsp3) is 0.160. The number of aromatic nitrogens is 1. The minimum Gasteiger partial charge on any atom is -0.347 e. The fourth-order valence-electron chi connectivity index (χ4n) is 3.51. The summed E-state index contributed by atoms with van der Waals surface area (Å²) >= 11 is 1.25. The monoisotopic (exact) mass is 493 g/mol. The summed E-state index contributed by atoms with van der Waals surface area (Å²) in [6.45, 7) is 0. The maximum atomic E-state index is 13.5. The predicted octanol–water partition coefficient (Wildman–Crippen LogP) is 3.28. The molecule has 3 aromatic rings. The van der Waals surface area contributed by atoms with Gasteiger partial charge in [0.25, 0.3) is 11.8 Å². The van der Waals surface area contributed by atoms with Crippen LogP contribution >= 0.6 is 11.8 Å². The van der Waals surface area contributed by atoms with Crippen LogP contribution in [-0.4, -0.2) is 42.8 Å². The van der Waals surface area contributed by atoms with E-state index in [0.29, 0.717) is 21.9 Å². The lowest BCUT2D eigenvalue weighted by Crippen LogP contribution is -2.41. The van der Waals surface area contributed by atoms with E-state index < -0.39 is 27.7 Å². The van der Waals surface area contributed by atoms with Gasteiger partial charge in [-0.15, -0.1) is 0 Å². The van der Waals surface area contributed by atoms with Gasteiger partial charge in [0, 0.05) is 17.8 Å². The molecule has 9 heteroatoms. The second-order valence-electron chi connectivity index (χ2n) is 7.73. The molecule has 1 unspecified atom stereocenters. The molecule has 0 radical (unpaired) electrons. The van der Waals surface area contributed by atoms with Crippen molar-refractivity contribution in [2.24, 2.45) is 0 Å². The smallest absolute Gasteiger partial charge is 0.269 e. The van der Waals surface area contributed by atoms with E-state index >= 15 is 0 Å². The van der Waals surface area contributed by atoms with Crippen LogP contribution in [0.1, 0.15) is 22.3 Å². The number of thioether (sulfide) groups is 1. The molecule has 1 aliphatic heterocycles. The summed E-state index contributed by atoms with van der Waals surface area (Å²) in [6.07, 6.45) is 1.98. The Kier molecular flexibility index (Phi) is 7.44. The Labute approximate surface area is 202 Å². The molecule has 0 bridgehead atoms. The Balaban J connectivity index is 1.76. The lowest BCUT2D eigenvalue weighted by molar-refractivity contribution is -0.118. The molecule has 1 aliphatic rings. The van der Waals surface area contributed by atoms with Crippen LogP contribution in [0.25, 0.3) is 4.91 Å². The molecule has 0 saturated carbocycles. The van der Waals surface area contributed by atoms with E-state index in [-0.39, 0.29) is 17.2 Å². The minimum atomic E-state index is -3.19. The maximum Gasteiger partial charge on any atom is 0.269 e. The molecule has 4 rings (SSSR count). The number of rotatable bonds is 7. The fourth-order valence-corrected chi connectivity index (χ4v) is 6.16. The lowest BCUT2D eigenvalue weighted by atomic mass is 10.1. The largest absolute Gasteiger partial charge is 0.347 e. The molecule has 1 fully saturated rings. The van der Waals surface area contributed by atoms with E-state index in [1.807, 2.05) is 42.5 Å². The molecule has 2 N–H and O–H groups in total. The van der Waals surface area contributed by atoms with Crippen molar-refractivity contribution in [3.05, 3.63) is 102 Å². The van der Waals surface area contributed by atoms with Crippen LogP contribution in [0.5, 0.6) is 0 Å². The Bertz CT molecular complexity index is 1300. The predicted molar refractivity (Wildman–Crippen MR) is 133 cm³/mol. The number of carbonyl (C=O) groups excluding carboxylic acids is 2. The quantitative estimate of drug-likeness (QED) is 0.387. The van der Waals surface area contributed by atoms with Gasteiger partial charge < -0.3 is 10.6 Å². The number of hydrogen-bond donors (Lipinski definition) is 2. The second kappa shape index (κ2) is 10.7. The highest BCUT2D eigenvalue weighted by atomic mass is 32.2. The number of nitrogens with one attached hydrogen (secondary N) is 2. The number of sulfone groups is 1. The molecule has 1 saturated heterocycles. The van der Waals surface area contributed by atoms with Gasteiger partial charge in [0.2, 0.25) is 0 Å². The molecule has 34 heavy (non-hydrogen) atoms. The van der Waals surface area contributed by atoms with E-state index in [2.05, 4.69) is 15.6 Å². The standard InChI is InChI=1S/C25H23N3O4S2/c29-24(19-11-5-2-6-12-19)28-22(25(30)27-20-14-16-34(31,32)17-20)23(18-9-3-1-4-10-18)33-21-13-7-8-15-26-21/h1-13,15,20H,14,16-17H2,(H,27,30)(H,28,29)/b23-22-. The average molecular weight is 494 g/mol. The molecule has 2 amide bonds. The highest BCUT2D eigenvalue weighted by Gasteiger charge is 2.31. The molecule has 2 heterocycles. The van der Waals surface area contributed by atoms with Gasteiger partial charge in [-0.1, -0.05) is 66.4 Å². The van der Waals surface area contributed by atoms with Gasteiger partial charge in [-0.3, -0.25) is 9.59 Å². The first-order valence-electron chi connectivity index (χ1n) is 10.7. The van der Waals surface area contributed by atoms with Crippen molar-refractivity contribution in [2.75, 3.05) is 11.5 Å². The number of nitrogens with zero attached hydrogens (tertiary/aromatic N) is 1. The highest BCUT2D eigenvalue weighted by Crippen LogP contribution is 2.35. The first kappa shape index (κ1) is 23.7. The first-order chi connectivity index (χ1) is 16.4. The van der Waals surface area contributed by atoms with Gasteiger partial charge in [-0.05, 0) is 36.2 Å². The van der Waals surface area contributed by atoms with Crippen molar-refractivity contribution >= 4 is 38.3 Å². The molecule has 7 nitrogen and oxygen atoms in total. The summed E-state index contributed by atoms with van der Waals surface area (Å²) in [7, 11) is -3.19.